The molecule has 428 valence electrons. The number of nitrogens with one attached hydrogen (secondary N) is 1. The van der Waals surface area contributed by atoms with E-state index in [4.69, 9.17) is 19.5 Å². The Hall–Kier alpha value is -6.30. The lowest BCUT2D eigenvalue weighted by Gasteiger charge is -2.31. The minimum Gasteiger partial charge on any atom is -0.469 e. The molecule has 2 aromatic carbocycles. The van der Waals surface area contributed by atoms with Gasteiger partial charge in [0.15, 0.2) is 0 Å². The summed E-state index contributed by atoms with van der Waals surface area (Å²) in [5, 5.41) is 0. The maximum atomic E-state index is 14.3. The highest BCUT2D eigenvalue weighted by molar-refractivity contribution is 5.94. The molecule has 3 saturated heterocycles. The van der Waals surface area contributed by atoms with Crippen molar-refractivity contribution in [3.63, 3.8) is 0 Å². The minimum absolute atomic E-state index is 0.0234. The fourth-order valence-corrected chi connectivity index (χ4v) is 13.8. The number of carbonyl (C=O) groups excluding carboxylic acids is 4. The van der Waals surface area contributed by atoms with Gasteiger partial charge in [0, 0.05) is 61.5 Å². The lowest BCUT2D eigenvalue weighted by Crippen LogP contribution is -2.50. The lowest BCUT2D eigenvalue weighted by atomic mass is 9.81. The average Bonchev–Trinajstić information content (AvgIpc) is 4.38. The molecule has 12 nitrogen and oxygen atoms in total. The second kappa shape index (κ2) is 27.0. The maximum Gasteiger partial charge on any atom is 0.410 e. The Morgan fingerprint density at radius 2 is 1.61 bits per heavy atom. The quantitative estimate of drug-likeness (QED) is 0.0932. The summed E-state index contributed by atoms with van der Waals surface area (Å²) in [7, 11) is 2.82. The molecule has 3 aromatic rings. The van der Waals surface area contributed by atoms with Crippen LogP contribution >= 0.6 is 0 Å². The molecule has 3 aliphatic heterocycles. The van der Waals surface area contributed by atoms with Gasteiger partial charge in [-0.3, -0.25) is 24.3 Å². The molecule has 4 bridgehead atoms. The zero-order chi connectivity index (χ0) is 56.5. The number of aromatic nitrogens is 2. The van der Waals surface area contributed by atoms with Crippen LogP contribution in [-0.2, 0) is 30.3 Å². The number of aromatic amines is 1. The number of benzene rings is 2. The molecule has 0 radical (unpaired) electrons. The van der Waals surface area contributed by atoms with E-state index in [0.29, 0.717) is 57.3 Å². The van der Waals surface area contributed by atoms with Crippen LogP contribution in [0.4, 0.5) is 4.79 Å². The van der Waals surface area contributed by atoms with Crippen LogP contribution in [0.1, 0.15) is 207 Å². The van der Waals surface area contributed by atoms with E-state index in [1.165, 1.54) is 64.3 Å². The van der Waals surface area contributed by atoms with Gasteiger partial charge < -0.3 is 24.3 Å². The van der Waals surface area contributed by atoms with Crippen LogP contribution in [0, 0.1) is 17.8 Å². The number of methoxy groups -OCH3 is 2. The Morgan fingerprint density at radius 3 is 2.34 bits per heavy atom. The molecule has 9 unspecified atom stereocenters. The van der Waals surface area contributed by atoms with E-state index in [-0.39, 0.29) is 53.5 Å². The molecule has 4 heterocycles. The summed E-state index contributed by atoms with van der Waals surface area (Å²) in [5.74, 6) is 1.44. The van der Waals surface area contributed by atoms with Crippen molar-refractivity contribution in [2.75, 3.05) is 40.4 Å². The smallest absolute Gasteiger partial charge is 0.410 e. The van der Waals surface area contributed by atoms with Gasteiger partial charge in [-0.05, 0) is 153 Å². The van der Waals surface area contributed by atoms with Gasteiger partial charge in [-0.15, -0.1) is 0 Å². The van der Waals surface area contributed by atoms with Crippen molar-refractivity contribution < 1.29 is 28.7 Å². The monoisotopic (exact) mass is 1090 g/mol. The van der Waals surface area contributed by atoms with Crippen molar-refractivity contribution in [3.8, 4) is 0 Å². The number of hydrogen-bond acceptors (Lipinski definition) is 8. The first-order valence-electron chi connectivity index (χ1n) is 30.6. The largest absolute Gasteiger partial charge is 0.469 e. The molecule has 3 amide bonds. The molecule has 80 heavy (non-hydrogen) atoms. The molecule has 1 aromatic heterocycles. The standard InChI is InChI=1S/C68H90N6O6/c1-9-12-18-56(40-48(11-3)67(77)79-7)65(75)73-36-15-21-62(73)64-70-43-60(71-64)53-32-29-51(30-33-53)58-41-54-34-31-49(58)24-23-47-17-13-19-55(38-45(54)5)57(39-47)50-25-27-52(28-26-50)59(44(4)10-2)42-69-46(6)61-20-14-35-72(61)66(76)63-22-16-37-74(63)68(78)80-8/h17,19,25-32,34,39,41,43-45,48,53,56,59,61-63H,9-16,18,20-24,33,35-38,40,42H2,1-8H3,(H,70,71). The summed E-state index contributed by atoms with van der Waals surface area (Å²) >= 11 is 0. The molecule has 0 saturated carbocycles. The fraction of sp³-hybridized carbons (Fsp3) is 0.559. The summed E-state index contributed by atoms with van der Waals surface area (Å²) in [6, 6.07) is 16.0. The topological polar surface area (TPSA) is 138 Å². The van der Waals surface area contributed by atoms with Gasteiger partial charge in [-0.1, -0.05) is 138 Å². The SMILES string of the molecule is CCCCC(CC(CC)C(=O)OC)C(=O)N1CCCC1c1ncc(C2C=CC(c3cc4ccc3CCC3=CCC=C(CC4C)C(c4ccc(C(CN=C(C)C5CCCN5C(=O)C5CCCN5C(=O)OC)C(C)CC)cc4)=C3)=CC2)[nH]1. The second-order valence-corrected chi connectivity index (χ2v) is 23.9. The van der Waals surface area contributed by atoms with Crippen LogP contribution in [0.5, 0.6) is 0 Å². The number of amides is 3. The zero-order valence-corrected chi connectivity index (χ0v) is 49.3. The number of hydrogen-bond donors (Lipinski definition) is 1. The third-order valence-corrected chi connectivity index (χ3v) is 18.9. The van der Waals surface area contributed by atoms with Crippen LogP contribution in [0.25, 0.3) is 11.1 Å². The summed E-state index contributed by atoms with van der Waals surface area (Å²) in [4.78, 5) is 72.8. The number of likely N-dealkylation sites (tertiary alicyclic amines) is 3. The summed E-state index contributed by atoms with van der Waals surface area (Å²) in [5.41, 5.74) is 14.1. The van der Waals surface area contributed by atoms with Crippen molar-refractivity contribution in [3.05, 3.63) is 136 Å². The highest BCUT2D eigenvalue weighted by Gasteiger charge is 2.42. The number of aryl methyl sites for hydroxylation is 1. The zero-order valence-electron chi connectivity index (χ0n) is 49.3. The van der Waals surface area contributed by atoms with Crippen molar-refractivity contribution >= 4 is 40.7 Å². The van der Waals surface area contributed by atoms with Gasteiger partial charge in [0.2, 0.25) is 11.8 Å². The Morgan fingerprint density at radius 1 is 0.850 bits per heavy atom. The average molecular weight is 1090 g/mol. The van der Waals surface area contributed by atoms with Crippen LogP contribution in [0.15, 0.2) is 101 Å². The first kappa shape index (κ1) is 58.4. The minimum atomic E-state index is -0.460. The van der Waals surface area contributed by atoms with Crippen molar-refractivity contribution in [2.45, 2.75) is 187 Å². The van der Waals surface area contributed by atoms with E-state index >= 15 is 0 Å². The number of imidazole rings is 1. The molecule has 1 N–H and O–H groups in total. The summed E-state index contributed by atoms with van der Waals surface area (Å²) in [6.07, 6.45) is 30.7. The van der Waals surface area contributed by atoms with Gasteiger partial charge in [0.1, 0.15) is 11.9 Å². The summed E-state index contributed by atoms with van der Waals surface area (Å²) < 4.78 is 10.1. The van der Waals surface area contributed by atoms with E-state index in [2.05, 4.69) is 119 Å². The Balaban J connectivity index is 0.864. The number of carbonyl (C=O) groups is 4. The number of fused-ring (bicyclic) bond motifs is 4. The van der Waals surface area contributed by atoms with E-state index in [9.17, 15) is 19.2 Å². The van der Waals surface area contributed by atoms with Crippen molar-refractivity contribution in [1.82, 2.24) is 24.7 Å². The number of aliphatic imine (C=N–C) groups is 1. The van der Waals surface area contributed by atoms with Gasteiger partial charge in [-0.2, -0.15) is 0 Å². The number of unbranched alkanes of at least 4 members (excludes halogenated alkanes) is 1. The van der Waals surface area contributed by atoms with E-state index in [1.807, 2.05) is 22.9 Å². The first-order chi connectivity index (χ1) is 38.8. The van der Waals surface area contributed by atoms with E-state index in [0.717, 1.165) is 107 Å². The molecule has 9 atom stereocenters. The van der Waals surface area contributed by atoms with Gasteiger partial charge in [0.05, 0.1) is 32.2 Å². The number of allylic oxidation sites excluding steroid dienone is 10. The number of esters is 1. The van der Waals surface area contributed by atoms with Crippen LogP contribution in [-0.4, -0.2) is 107 Å². The van der Waals surface area contributed by atoms with E-state index in [1.54, 1.807) is 4.90 Å². The van der Waals surface area contributed by atoms with Crippen LogP contribution in [0.2, 0.25) is 0 Å². The maximum absolute atomic E-state index is 14.3. The predicted molar refractivity (Wildman–Crippen MR) is 320 cm³/mol. The lowest BCUT2D eigenvalue weighted by molar-refractivity contribution is -0.147. The molecular weight excluding hydrogens is 997 g/mol. The molecule has 3 fully saturated rings. The van der Waals surface area contributed by atoms with Gasteiger partial charge in [-0.25, -0.2) is 9.78 Å². The van der Waals surface area contributed by atoms with Crippen LogP contribution < -0.4 is 0 Å². The predicted octanol–water partition coefficient (Wildman–Crippen LogP) is 14.2. The third kappa shape index (κ3) is 13.1. The number of rotatable bonds is 19. The van der Waals surface area contributed by atoms with Crippen molar-refractivity contribution in [2.24, 2.45) is 22.7 Å². The summed E-state index contributed by atoms with van der Waals surface area (Å²) in [6.45, 7) is 15.8. The first-order valence-corrected chi connectivity index (χ1v) is 30.6. The molecule has 10 rings (SSSR count). The normalized spacial score (nSPS) is 23.8. The third-order valence-electron chi connectivity index (χ3n) is 18.9. The number of ether oxygens (including phenoxy) is 2. The Kier molecular flexibility index (Phi) is 19.7. The van der Waals surface area contributed by atoms with Crippen LogP contribution in [0.3, 0.4) is 0 Å². The van der Waals surface area contributed by atoms with E-state index < -0.39 is 12.1 Å². The highest BCUT2D eigenvalue weighted by atomic mass is 16.5. The number of H-pyrrole nitrogens is 1. The van der Waals surface area contributed by atoms with Gasteiger partial charge >= 0.3 is 12.1 Å². The highest BCUT2D eigenvalue weighted by Crippen LogP contribution is 2.42. The molecular formula is C68H90N6O6. The number of nitrogens with zero attached hydrogens (tertiary/aromatic N) is 5. The molecule has 12 heteroatoms. The molecule has 0 spiro atoms. The van der Waals surface area contributed by atoms with Gasteiger partial charge in [0.25, 0.3) is 0 Å². The fourth-order valence-electron chi connectivity index (χ4n) is 13.8. The van der Waals surface area contributed by atoms with Crippen molar-refractivity contribution in [1.29, 1.82) is 0 Å². The Bertz CT molecular complexity index is 2890. The second-order valence-electron chi connectivity index (χ2n) is 23.9. The molecule has 4 aliphatic carbocycles. The Labute approximate surface area is 477 Å². The molecule has 7 aliphatic rings.